The van der Waals surface area contributed by atoms with Crippen LogP contribution in [-0.4, -0.2) is 18.9 Å². The molecule has 1 unspecified atom stereocenters. The normalized spacial score (nSPS) is 11.7. The zero-order valence-electron chi connectivity index (χ0n) is 9.52. The van der Waals surface area contributed by atoms with E-state index in [0.29, 0.717) is 11.3 Å². The van der Waals surface area contributed by atoms with Crippen molar-refractivity contribution in [2.75, 3.05) is 7.11 Å². The van der Waals surface area contributed by atoms with Gasteiger partial charge in [-0.15, -0.1) is 0 Å². The molecule has 0 saturated heterocycles. The van der Waals surface area contributed by atoms with Crippen LogP contribution in [-0.2, 0) is 14.3 Å². The summed E-state index contributed by atoms with van der Waals surface area (Å²) in [4.78, 5) is 22.2. The van der Waals surface area contributed by atoms with Gasteiger partial charge in [0.25, 0.3) is 0 Å². The number of carbonyl (C=O) groups excluding carboxylic acids is 2. The van der Waals surface area contributed by atoms with Crippen molar-refractivity contribution in [1.29, 1.82) is 0 Å². The third kappa shape index (κ3) is 3.08. The maximum absolute atomic E-state index is 11.3. The summed E-state index contributed by atoms with van der Waals surface area (Å²) in [6.45, 7) is 2.66. The van der Waals surface area contributed by atoms with Crippen molar-refractivity contribution in [3.63, 3.8) is 0 Å². The molecule has 0 heterocycles. The second-order valence-corrected chi connectivity index (χ2v) is 3.37. The molecule has 0 amide bonds. The average molecular weight is 224 g/mol. The Balaban J connectivity index is 2.92. The third-order valence-corrected chi connectivity index (χ3v) is 2.07. The minimum absolute atomic E-state index is 0.208. The Hall–Kier alpha value is -1.84. The molecule has 4 heteroatoms. The van der Waals surface area contributed by atoms with Gasteiger partial charge in [0, 0.05) is 12.5 Å². The number of ether oxygens (including phenoxy) is 2. The Kier molecular flexibility index (Phi) is 4.05. The first-order chi connectivity index (χ1) is 7.54. The molecule has 0 fully saturated rings. The van der Waals surface area contributed by atoms with Crippen molar-refractivity contribution in [3.8, 4) is 5.75 Å². The molecule has 1 aromatic rings. The van der Waals surface area contributed by atoms with Crippen LogP contribution in [0, 0.1) is 0 Å². The van der Waals surface area contributed by atoms with Crippen molar-refractivity contribution in [2.24, 2.45) is 0 Å². The summed E-state index contributed by atoms with van der Waals surface area (Å²) in [5, 5.41) is 0. The highest BCUT2D eigenvalue weighted by atomic mass is 16.6. The average Bonchev–Trinajstić information content (AvgIpc) is 2.25. The smallest absolute Gasteiger partial charge is 0.303 e. The van der Waals surface area contributed by atoms with E-state index in [9.17, 15) is 9.59 Å². The molecule has 0 aliphatic rings. The molecule has 0 aliphatic carbocycles. The summed E-state index contributed by atoms with van der Waals surface area (Å²) in [6, 6.07) is 6.84. The zero-order valence-corrected chi connectivity index (χ0v) is 9.52. The van der Waals surface area contributed by atoms with Crippen LogP contribution in [0.5, 0.6) is 5.75 Å². The molecule has 1 aromatic carbocycles. The van der Waals surface area contributed by atoms with Gasteiger partial charge >= 0.3 is 5.97 Å². The molecule has 86 valence electrons. The van der Waals surface area contributed by atoms with Crippen molar-refractivity contribution in [2.45, 2.75) is 20.0 Å². The van der Waals surface area contributed by atoms with Gasteiger partial charge in [-0.2, -0.15) is 0 Å². The molecule has 1 rings (SSSR count). The maximum Gasteiger partial charge on any atom is 0.303 e. The number of Topliss-reactive ketones (excluding diaryl/α,β-unsaturated/α-hetero) is 1. The van der Waals surface area contributed by atoms with Crippen LogP contribution >= 0.6 is 0 Å². The number of ketones is 1. The van der Waals surface area contributed by atoms with Gasteiger partial charge in [-0.3, -0.25) is 9.59 Å². The molecule has 4 nitrogen and oxygen atoms in total. The fraction of sp³-hybridized carbons (Fsp3) is 0.333. The first-order valence-corrected chi connectivity index (χ1v) is 4.86. The molecule has 1 atom stereocenters. The summed E-state index contributed by atoms with van der Waals surface area (Å²) < 4.78 is 9.94. The number of carbonyl (C=O) groups is 2. The molecule has 0 aliphatic heterocycles. The molecule has 0 saturated carbocycles. The van der Waals surface area contributed by atoms with Crippen LogP contribution in [0.2, 0.25) is 0 Å². The van der Waals surface area contributed by atoms with Crippen LogP contribution < -0.4 is 4.74 Å². The number of hydrogen-bond acceptors (Lipinski definition) is 4. The first-order valence-electron chi connectivity index (χ1n) is 4.86. The Bertz CT molecular complexity index is 381. The molecular formula is C12H14O4. The van der Waals surface area contributed by atoms with Crippen LogP contribution in [0.3, 0.4) is 0 Å². The molecule has 0 radical (unpaired) electrons. The minimum atomic E-state index is -0.830. The van der Waals surface area contributed by atoms with Crippen LogP contribution in [0.4, 0.5) is 0 Å². The van der Waals surface area contributed by atoms with E-state index in [1.807, 2.05) is 0 Å². The van der Waals surface area contributed by atoms with Gasteiger partial charge in [0.1, 0.15) is 5.75 Å². The predicted molar refractivity (Wildman–Crippen MR) is 58.2 cm³/mol. The van der Waals surface area contributed by atoms with Crippen molar-refractivity contribution in [3.05, 3.63) is 29.8 Å². The van der Waals surface area contributed by atoms with Gasteiger partial charge < -0.3 is 9.47 Å². The summed E-state index contributed by atoms with van der Waals surface area (Å²) in [5.41, 5.74) is 0.642. The highest BCUT2D eigenvalue weighted by Crippen LogP contribution is 2.21. The summed E-state index contributed by atoms with van der Waals surface area (Å²) in [7, 11) is 1.56. The SMILES string of the molecule is COc1ccc(C(OC(C)=O)[13C]([13CH3])=O)cc1. The van der Waals surface area contributed by atoms with Crippen molar-refractivity contribution >= 4 is 11.8 Å². The molecule has 16 heavy (non-hydrogen) atoms. The fourth-order valence-corrected chi connectivity index (χ4v) is 1.33. The first kappa shape index (κ1) is 12.2. The number of rotatable bonds is 4. The second-order valence-electron chi connectivity index (χ2n) is 3.37. The summed E-state index contributed by atoms with van der Waals surface area (Å²) >= 11 is 0. The van der Waals surface area contributed by atoms with E-state index in [1.54, 1.807) is 31.4 Å². The lowest BCUT2D eigenvalue weighted by Gasteiger charge is -2.14. The molecule has 0 aromatic heterocycles. The number of hydrogen-bond donors (Lipinski definition) is 0. The van der Waals surface area contributed by atoms with Gasteiger partial charge in [0.2, 0.25) is 0 Å². The quantitative estimate of drug-likeness (QED) is 0.579. The standard InChI is InChI=1S/C12H14O4/c1-8(13)12(16-9(2)14)10-4-6-11(15-3)7-5-10/h4-7,12H,1-3H3/i1+1,8+1. The maximum atomic E-state index is 11.3. The highest BCUT2D eigenvalue weighted by molar-refractivity contribution is 5.84. The van der Waals surface area contributed by atoms with E-state index < -0.39 is 12.1 Å². The zero-order chi connectivity index (χ0) is 12.1. The van der Waals surface area contributed by atoms with E-state index in [0.717, 1.165) is 0 Å². The second kappa shape index (κ2) is 5.30. The Labute approximate surface area is 94.2 Å². The number of esters is 1. The van der Waals surface area contributed by atoms with Crippen LogP contribution in [0.1, 0.15) is 25.5 Å². The monoisotopic (exact) mass is 224 g/mol. The lowest BCUT2D eigenvalue weighted by molar-refractivity contribution is -0.152. The van der Waals surface area contributed by atoms with Gasteiger partial charge in [0.15, 0.2) is 11.9 Å². The minimum Gasteiger partial charge on any atom is -0.497 e. The number of methoxy groups -OCH3 is 1. The molecular weight excluding hydrogens is 210 g/mol. The lowest BCUT2D eigenvalue weighted by Crippen LogP contribution is -2.15. The van der Waals surface area contributed by atoms with Crippen LogP contribution in [0.25, 0.3) is 0 Å². The van der Waals surface area contributed by atoms with E-state index >= 15 is 0 Å². The molecule has 0 spiro atoms. The van der Waals surface area contributed by atoms with E-state index in [4.69, 9.17) is 9.47 Å². The van der Waals surface area contributed by atoms with Gasteiger partial charge in [0.05, 0.1) is 7.11 Å². The van der Waals surface area contributed by atoms with Crippen LogP contribution in [0.15, 0.2) is 24.3 Å². The van der Waals surface area contributed by atoms with E-state index in [-0.39, 0.29) is 5.78 Å². The number of benzene rings is 1. The highest BCUT2D eigenvalue weighted by Gasteiger charge is 2.19. The van der Waals surface area contributed by atoms with Crippen molar-refractivity contribution in [1.82, 2.24) is 0 Å². The van der Waals surface area contributed by atoms with Gasteiger partial charge in [-0.05, 0) is 19.1 Å². The largest absolute Gasteiger partial charge is 0.497 e. The van der Waals surface area contributed by atoms with Gasteiger partial charge in [-0.25, -0.2) is 0 Å². The Morgan fingerprint density at radius 1 is 1.12 bits per heavy atom. The van der Waals surface area contributed by atoms with E-state index in [2.05, 4.69) is 0 Å². The molecule has 0 N–H and O–H groups in total. The topological polar surface area (TPSA) is 52.6 Å². The molecule has 0 bridgehead atoms. The van der Waals surface area contributed by atoms with E-state index in [1.165, 1.54) is 13.8 Å². The van der Waals surface area contributed by atoms with Gasteiger partial charge in [-0.1, -0.05) is 12.1 Å². The fourth-order valence-electron chi connectivity index (χ4n) is 1.33. The predicted octanol–water partition coefficient (Wildman–Crippen LogP) is 1.89. The summed E-state index contributed by atoms with van der Waals surface area (Å²) in [5.74, 6) is 0.00487. The third-order valence-electron chi connectivity index (χ3n) is 2.07. The summed E-state index contributed by atoms with van der Waals surface area (Å²) in [6.07, 6.45) is -0.830. The lowest BCUT2D eigenvalue weighted by atomic mass is 10.1. The van der Waals surface area contributed by atoms with Crippen molar-refractivity contribution < 1.29 is 19.1 Å². The Morgan fingerprint density at radius 2 is 1.69 bits per heavy atom. The Morgan fingerprint density at radius 3 is 2.06 bits per heavy atom.